The van der Waals surface area contributed by atoms with Crippen molar-refractivity contribution in [3.05, 3.63) is 0 Å². The molecule has 4 N–H and O–H groups in total. The van der Waals surface area contributed by atoms with E-state index in [-0.39, 0.29) is 0 Å². The van der Waals surface area contributed by atoms with E-state index in [4.69, 9.17) is 14.3 Å². The number of hydrogen-bond donors (Lipinski definition) is 3. The van der Waals surface area contributed by atoms with Crippen molar-refractivity contribution in [3.63, 3.8) is 0 Å². The first-order valence-electron chi connectivity index (χ1n) is 9.00. The van der Waals surface area contributed by atoms with E-state index in [9.17, 15) is 9.46 Å². The van der Waals surface area contributed by atoms with Crippen LogP contribution in [0.5, 0.6) is 0 Å². The Morgan fingerprint density at radius 2 is 1.00 bits per heavy atom. The van der Waals surface area contributed by atoms with E-state index < -0.39 is 7.82 Å². The van der Waals surface area contributed by atoms with Gasteiger partial charge in [-0.05, 0) is 12.8 Å². The molecule has 0 atom stereocenters. The smallest absolute Gasteiger partial charge is 0.320 e. The highest BCUT2D eigenvalue weighted by Crippen LogP contribution is 2.43. The molecule has 23 heavy (non-hydrogen) atoms. The Morgan fingerprint density at radius 1 is 0.696 bits per heavy atom. The van der Waals surface area contributed by atoms with Crippen molar-refractivity contribution in [2.45, 2.75) is 90.9 Å². The highest BCUT2D eigenvalue weighted by molar-refractivity contribution is 7.47. The molecule has 0 aliphatic heterocycles. The molecule has 0 saturated heterocycles. The number of rotatable bonds is 16. The van der Waals surface area contributed by atoms with E-state index >= 15 is 0 Å². The zero-order chi connectivity index (χ0) is 17.8. The monoisotopic (exact) mass is 355 g/mol. The lowest BCUT2D eigenvalue weighted by atomic mass is 10.1. The Labute approximate surface area is 142 Å². The average molecular weight is 355 g/mol. The topological polar surface area (TPSA) is 102 Å². The third kappa shape index (κ3) is 22.0. The van der Waals surface area contributed by atoms with E-state index in [1.807, 2.05) is 0 Å². The molecule has 0 unspecified atom stereocenters. The van der Waals surface area contributed by atoms with Crippen LogP contribution >= 0.6 is 7.82 Å². The van der Waals surface area contributed by atoms with E-state index in [1.165, 1.54) is 51.4 Å². The van der Waals surface area contributed by atoms with Crippen molar-refractivity contribution in [1.29, 1.82) is 0 Å². The lowest BCUT2D eigenvalue weighted by Crippen LogP contribution is -1.99. The minimum absolute atomic E-state index is 0.316. The number of phosphoric ester groups is 1. The second-order valence-corrected chi connectivity index (χ2v) is 7.12. The van der Waals surface area contributed by atoms with Crippen LogP contribution in [0.2, 0.25) is 0 Å². The van der Waals surface area contributed by atoms with Gasteiger partial charge in [-0.25, -0.2) is 10.5 Å². The molecule has 0 radical (unpaired) electrons. The molecule has 0 aliphatic carbocycles. The van der Waals surface area contributed by atoms with E-state index in [2.05, 4.69) is 19.7 Å². The van der Waals surface area contributed by atoms with Crippen LogP contribution in [0.1, 0.15) is 90.9 Å². The lowest BCUT2D eigenvalue weighted by Gasteiger charge is -2.12. The Morgan fingerprint density at radius 3 is 1.35 bits per heavy atom. The van der Waals surface area contributed by atoms with Crippen molar-refractivity contribution in [2.24, 2.45) is 5.90 Å². The van der Waals surface area contributed by atoms with Gasteiger partial charge in [0.05, 0.1) is 13.2 Å². The maximum atomic E-state index is 11.6. The Balaban J connectivity index is 0. The first-order valence-corrected chi connectivity index (χ1v) is 10.5. The molecule has 0 amide bonds. The van der Waals surface area contributed by atoms with Gasteiger partial charge in [0.25, 0.3) is 0 Å². The van der Waals surface area contributed by atoms with Gasteiger partial charge in [0.15, 0.2) is 0 Å². The second-order valence-electron chi connectivity index (χ2n) is 5.67. The zero-order valence-corrected chi connectivity index (χ0v) is 15.9. The summed E-state index contributed by atoms with van der Waals surface area (Å²) in [7, 11) is -3.82. The normalized spacial score (nSPS) is 11.2. The van der Waals surface area contributed by atoms with Gasteiger partial charge < -0.3 is 10.1 Å². The van der Waals surface area contributed by atoms with Crippen molar-refractivity contribution in [2.75, 3.05) is 13.2 Å². The van der Waals surface area contributed by atoms with Crippen LogP contribution in [-0.2, 0) is 13.6 Å². The van der Waals surface area contributed by atoms with Gasteiger partial charge >= 0.3 is 7.82 Å². The second kappa shape index (κ2) is 20.1. The van der Waals surface area contributed by atoms with Crippen LogP contribution in [0.4, 0.5) is 0 Å². The van der Waals surface area contributed by atoms with Crippen molar-refractivity contribution < 1.29 is 23.7 Å². The molecule has 0 aromatic rings. The van der Waals surface area contributed by atoms with E-state index in [0.717, 1.165) is 25.7 Å². The minimum Gasteiger partial charge on any atom is -0.320 e. The average Bonchev–Trinajstić information content (AvgIpc) is 2.55. The van der Waals surface area contributed by atoms with Crippen LogP contribution in [-0.4, -0.2) is 23.3 Å². The molecule has 0 fully saturated rings. The Bertz CT molecular complexity index is 245. The van der Waals surface area contributed by atoms with Crippen LogP contribution in [0, 0.1) is 0 Å². The van der Waals surface area contributed by atoms with Gasteiger partial charge in [-0.15, -0.1) is 0 Å². The highest BCUT2D eigenvalue weighted by atomic mass is 31.2. The number of phosphoric acid groups is 1. The molecule has 142 valence electrons. The fourth-order valence-electron chi connectivity index (χ4n) is 2.16. The molecule has 0 heterocycles. The summed E-state index contributed by atoms with van der Waals surface area (Å²) in [6.45, 7) is 5.01. The molecule has 7 heteroatoms. The molecule has 0 saturated carbocycles. The summed E-state index contributed by atoms with van der Waals surface area (Å²) < 4.78 is 21.5. The summed E-state index contributed by atoms with van der Waals surface area (Å²) in [5, 5.41) is 6.50. The molecule has 6 nitrogen and oxygen atoms in total. The van der Waals surface area contributed by atoms with Gasteiger partial charge in [0.1, 0.15) is 0 Å². The summed E-state index contributed by atoms with van der Waals surface area (Å²) in [6, 6.07) is 0. The first kappa shape index (κ1) is 25.3. The quantitative estimate of drug-likeness (QED) is 0.200. The van der Waals surface area contributed by atoms with Crippen molar-refractivity contribution in [1.82, 2.24) is 0 Å². The van der Waals surface area contributed by atoms with Crippen molar-refractivity contribution >= 4 is 7.82 Å². The van der Waals surface area contributed by atoms with Gasteiger partial charge in [-0.3, -0.25) is 9.05 Å². The van der Waals surface area contributed by atoms with Crippen LogP contribution in [0.3, 0.4) is 0 Å². The Kier molecular flexibility index (Phi) is 22.1. The van der Waals surface area contributed by atoms with Crippen LogP contribution in [0.15, 0.2) is 0 Å². The van der Waals surface area contributed by atoms with Gasteiger partial charge in [-0.2, -0.15) is 0 Å². The number of hydrogen-bond acceptors (Lipinski definition) is 5. The third-order valence-electron chi connectivity index (χ3n) is 3.50. The number of nitrogens with two attached hydrogens (primary N) is 1. The Hall–Kier alpha value is 0.0300. The fraction of sp³-hybridized carbons (Fsp3) is 1.00. The van der Waals surface area contributed by atoms with E-state index in [1.54, 1.807) is 0 Å². The summed E-state index contributed by atoms with van der Waals surface area (Å²) in [5.41, 5.74) is 0. The van der Waals surface area contributed by atoms with Crippen LogP contribution in [0.25, 0.3) is 0 Å². The molecule has 0 aliphatic rings. The predicted octanol–water partition coefficient (Wildman–Crippen LogP) is 5.18. The molecular formula is C16H38NO5P. The minimum atomic E-state index is -3.82. The molecule has 0 aromatic carbocycles. The summed E-state index contributed by atoms with van der Waals surface area (Å²) in [5.74, 6) is 3.50. The summed E-state index contributed by atoms with van der Waals surface area (Å²) >= 11 is 0. The standard InChI is InChI=1S/C16H35O4P.H3NO/c1-3-5-7-9-11-13-15-19-21(17,18)20-16-14-12-10-8-6-4-2;1-2/h3-16H2,1-2H3,(H,17,18);2H,1H2. The lowest BCUT2D eigenvalue weighted by molar-refractivity contribution is 0.145. The molecular weight excluding hydrogens is 317 g/mol. The summed E-state index contributed by atoms with van der Waals surface area (Å²) in [6.07, 6.45) is 13.6. The van der Waals surface area contributed by atoms with Crippen LogP contribution < -0.4 is 5.90 Å². The van der Waals surface area contributed by atoms with Crippen molar-refractivity contribution in [3.8, 4) is 0 Å². The maximum Gasteiger partial charge on any atom is 0.472 e. The largest absolute Gasteiger partial charge is 0.472 e. The maximum absolute atomic E-state index is 11.6. The molecule has 0 aromatic heterocycles. The fourth-order valence-corrected chi connectivity index (χ4v) is 2.96. The molecule has 0 spiro atoms. The highest BCUT2D eigenvalue weighted by Gasteiger charge is 2.19. The third-order valence-corrected chi connectivity index (χ3v) is 4.52. The van der Waals surface area contributed by atoms with Gasteiger partial charge in [0.2, 0.25) is 0 Å². The predicted molar refractivity (Wildman–Crippen MR) is 94.5 cm³/mol. The van der Waals surface area contributed by atoms with Gasteiger partial charge in [-0.1, -0.05) is 78.1 Å². The SMILES string of the molecule is CCCCCCCCOP(=O)(O)OCCCCCCCC.NO. The first-order chi connectivity index (χ1) is 11.1. The molecule has 0 rings (SSSR count). The van der Waals surface area contributed by atoms with E-state index in [0.29, 0.717) is 13.2 Å². The summed E-state index contributed by atoms with van der Waals surface area (Å²) in [4.78, 5) is 9.51. The zero-order valence-electron chi connectivity index (χ0n) is 15.0. The molecule has 0 bridgehead atoms. The van der Waals surface area contributed by atoms with Gasteiger partial charge in [0, 0.05) is 0 Å². The number of unbranched alkanes of at least 4 members (excludes halogenated alkanes) is 10.